The molecule has 0 N–H and O–H groups in total. The fourth-order valence-electron chi connectivity index (χ4n) is 3.73. The summed E-state index contributed by atoms with van der Waals surface area (Å²) in [6.45, 7) is 2.77. The van der Waals surface area contributed by atoms with Crippen molar-refractivity contribution in [3.8, 4) is 0 Å². The Kier molecular flexibility index (Phi) is 5.71. The average Bonchev–Trinajstić information content (AvgIpc) is 3.20. The van der Waals surface area contributed by atoms with E-state index in [1.165, 1.54) is 0 Å². The molecule has 0 saturated heterocycles. The van der Waals surface area contributed by atoms with Gasteiger partial charge in [0, 0.05) is 20.1 Å². The van der Waals surface area contributed by atoms with Gasteiger partial charge in [-0.1, -0.05) is 25.0 Å². The summed E-state index contributed by atoms with van der Waals surface area (Å²) in [6.07, 6.45) is 4.14. The molecule has 6 nitrogen and oxygen atoms in total. The summed E-state index contributed by atoms with van der Waals surface area (Å²) < 4.78 is 6.82. The standard InChI is InChI=1S/C20H27N3O3/c1-14(22(2)19(24)15-8-4-5-9-15)18-21-17-11-7-6-10-16(17)20(25)23(18)12-13-26-3/h6-7,10-11,14-15H,4-5,8-9,12-13H2,1-3H3. The molecule has 0 radical (unpaired) electrons. The summed E-state index contributed by atoms with van der Waals surface area (Å²) in [5.74, 6) is 0.859. The van der Waals surface area contributed by atoms with Crippen LogP contribution in [0.1, 0.15) is 44.5 Å². The van der Waals surface area contributed by atoms with Gasteiger partial charge in [-0.15, -0.1) is 0 Å². The number of benzene rings is 1. The maximum Gasteiger partial charge on any atom is 0.261 e. The fourth-order valence-corrected chi connectivity index (χ4v) is 3.73. The Morgan fingerprint density at radius 3 is 2.73 bits per heavy atom. The molecule has 0 spiro atoms. The van der Waals surface area contributed by atoms with Gasteiger partial charge in [-0.05, 0) is 31.9 Å². The van der Waals surface area contributed by atoms with Crippen molar-refractivity contribution in [3.63, 3.8) is 0 Å². The highest BCUT2D eigenvalue weighted by Gasteiger charge is 2.30. The number of hydrogen-bond donors (Lipinski definition) is 0. The summed E-state index contributed by atoms with van der Waals surface area (Å²) in [6, 6.07) is 7.06. The molecule has 0 bridgehead atoms. The molecule has 1 fully saturated rings. The fraction of sp³-hybridized carbons (Fsp3) is 0.550. The zero-order chi connectivity index (χ0) is 18.7. The maximum atomic E-state index is 13.0. The Hall–Kier alpha value is -2.21. The first-order chi connectivity index (χ1) is 12.5. The molecular formula is C20H27N3O3. The molecule has 1 aromatic heterocycles. The molecule has 1 aliphatic rings. The van der Waals surface area contributed by atoms with E-state index in [-0.39, 0.29) is 23.4 Å². The van der Waals surface area contributed by atoms with Crippen molar-refractivity contribution in [1.29, 1.82) is 0 Å². The number of carbonyl (C=O) groups is 1. The zero-order valence-electron chi connectivity index (χ0n) is 15.8. The SMILES string of the molecule is COCCn1c(C(C)N(C)C(=O)C2CCCC2)nc2ccccc2c1=O. The molecule has 3 rings (SSSR count). The highest BCUT2D eigenvalue weighted by atomic mass is 16.5. The van der Waals surface area contributed by atoms with Crippen LogP contribution in [0.3, 0.4) is 0 Å². The Morgan fingerprint density at radius 2 is 2.04 bits per heavy atom. The van der Waals surface area contributed by atoms with Gasteiger partial charge in [0.05, 0.1) is 30.1 Å². The van der Waals surface area contributed by atoms with Gasteiger partial charge in [-0.2, -0.15) is 0 Å². The third-order valence-corrected chi connectivity index (χ3v) is 5.42. The number of amides is 1. The molecule has 1 saturated carbocycles. The maximum absolute atomic E-state index is 13.0. The van der Waals surface area contributed by atoms with Gasteiger partial charge in [-0.25, -0.2) is 4.98 Å². The number of nitrogens with zero attached hydrogens (tertiary/aromatic N) is 3. The van der Waals surface area contributed by atoms with Gasteiger partial charge < -0.3 is 9.64 Å². The van der Waals surface area contributed by atoms with Crippen LogP contribution in [0.4, 0.5) is 0 Å². The van der Waals surface area contributed by atoms with Crippen LogP contribution >= 0.6 is 0 Å². The molecule has 1 amide bonds. The van der Waals surface area contributed by atoms with Crippen molar-refractivity contribution in [2.75, 3.05) is 20.8 Å². The van der Waals surface area contributed by atoms with E-state index in [9.17, 15) is 9.59 Å². The number of fused-ring (bicyclic) bond motifs is 1. The number of hydrogen-bond acceptors (Lipinski definition) is 4. The number of para-hydroxylation sites is 1. The van der Waals surface area contributed by atoms with E-state index in [1.54, 1.807) is 22.6 Å². The predicted octanol–water partition coefficient (Wildman–Crippen LogP) is 2.75. The molecule has 1 atom stereocenters. The quantitative estimate of drug-likeness (QED) is 0.797. The Labute approximate surface area is 153 Å². The average molecular weight is 357 g/mol. The minimum atomic E-state index is -0.280. The molecule has 140 valence electrons. The van der Waals surface area contributed by atoms with Gasteiger partial charge in [0.1, 0.15) is 5.82 Å². The van der Waals surface area contributed by atoms with Gasteiger partial charge in [-0.3, -0.25) is 14.2 Å². The lowest BCUT2D eigenvalue weighted by Crippen LogP contribution is -2.38. The zero-order valence-corrected chi connectivity index (χ0v) is 15.8. The number of carbonyl (C=O) groups excluding carboxylic acids is 1. The predicted molar refractivity (Wildman–Crippen MR) is 101 cm³/mol. The lowest BCUT2D eigenvalue weighted by molar-refractivity contribution is -0.136. The van der Waals surface area contributed by atoms with Crippen molar-refractivity contribution < 1.29 is 9.53 Å². The summed E-state index contributed by atoms with van der Waals surface area (Å²) >= 11 is 0. The minimum Gasteiger partial charge on any atom is -0.383 e. The van der Waals surface area contributed by atoms with Gasteiger partial charge in [0.25, 0.3) is 5.56 Å². The van der Waals surface area contributed by atoms with E-state index in [1.807, 2.05) is 32.2 Å². The highest BCUT2D eigenvalue weighted by molar-refractivity contribution is 5.80. The lowest BCUT2D eigenvalue weighted by Gasteiger charge is -2.29. The van der Waals surface area contributed by atoms with Crippen LogP contribution in [-0.2, 0) is 16.1 Å². The number of rotatable bonds is 6. The highest BCUT2D eigenvalue weighted by Crippen LogP contribution is 2.29. The van der Waals surface area contributed by atoms with E-state index < -0.39 is 0 Å². The topological polar surface area (TPSA) is 64.4 Å². The molecule has 0 aliphatic heterocycles. The first-order valence-corrected chi connectivity index (χ1v) is 9.29. The number of aromatic nitrogens is 2. The third kappa shape index (κ3) is 3.51. The summed E-state index contributed by atoms with van der Waals surface area (Å²) in [5.41, 5.74) is 0.575. The number of methoxy groups -OCH3 is 1. The molecule has 2 aromatic rings. The summed E-state index contributed by atoms with van der Waals surface area (Å²) in [7, 11) is 3.42. The van der Waals surface area contributed by atoms with Crippen LogP contribution in [0.25, 0.3) is 10.9 Å². The lowest BCUT2D eigenvalue weighted by atomic mass is 10.1. The van der Waals surface area contributed by atoms with E-state index in [0.717, 1.165) is 25.7 Å². The largest absolute Gasteiger partial charge is 0.383 e. The van der Waals surface area contributed by atoms with E-state index in [2.05, 4.69) is 0 Å². The molecule has 1 aromatic carbocycles. The van der Waals surface area contributed by atoms with Crippen molar-refractivity contribution in [3.05, 3.63) is 40.4 Å². The second kappa shape index (κ2) is 7.99. The first kappa shape index (κ1) is 18.6. The van der Waals surface area contributed by atoms with Crippen LogP contribution in [-0.4, -0.2) is 41.1 Å². The Bertz CT molecular complexity index is 840. The van der Waals surface area contributed by atoms with Crippen LogP contribution in [0.5, 0.6) is 0 Å². The first-order valence-electron chi connectivity index (χ1n) is 9.29. The van der Waals surface area contributed by atoms with Gasteiger partial charge in [0.2, 0.25) is 5.91 Å². The second-order valence-corrected chi connectivity index (χ2v) is 7.04. The van der Waals surface area contributed by atoms with E-state index in [0.29, 0.717) is 29.9 Å². The van der Waals surface area contributed by atoms with Crippen molar-refractivity contribution in [1.82, 2.24) is 14.5 Å². The number of ether oxygens (including phenoxy) is 1. The van der Waals surface area contributed by atoms with Crippen molar-refractivity contribution in [2.45, 2.75) is 45.2 Å². The molecule has 1 aliphatic carbocycles. The summed E-state index contributed by atoms with van der Waals surface area (Å²) in [4.78, 5) is 32.3. The molecule has 6 heteroatoms. The van der Waals surface area contributed by atoms with Crippen LogP contribution in [0.15, 0.2) is 29.1 Å². The van der Waals surface area contributed by atoms with E-state index in [4.69, 9.17) is 9.72 Å². The van der Waals surface area contributed by atoms with Crippen molar-refractivity contribution >= 4 is 16.8 Å². The van der Waals surface area contributed by atoms with Crippen molar-refractivity contribution in [2.24, 2.45) is 5.92 Å². The van der Waals surface area contributed by atoms with Crippen LogP contribution in [0.2, 0.25) is 0 Å². The van der Waals surface area contributed by atoms with Crippen LogP contribution in [0, 0.1) is 5.92 Å². The normalized spacial score (nSPS) is 16.1. The Balaban J connectivity index is 2.00. The second-order valence-electron chi connectivity index (χ2n) is 7.04. The van der Waals surface area contributed by atoms with Crippen LogP contribution < -0.4 is 5.56 Å². The minimum absolute atomic E-state index is 0.0868. The monoisotopic (exact) mass is 357 g/mol. The molecular weight excluding hydrogens is 330 g/mol. The van der Waals surface area contributed by atoms with E-state index >= 15 is 0 Å². The smallest absolute Gasteiger partial charge is 0.261 e. The molecule has 26 heavy (non-hydrogen) atoms. The van der Waals surface area contributed by atoms with Gasteiger partial charge in [0.15, 0.2) is 0 Å². The molecule has 1 unspecified atom stereocenters. The molecule has 1 heterocycles. The third-order valence-electron chi connectivity index (χ3n) is 5.42. The van der Waals surface area contributed by atoms with Gasteiger partial charge >= 0.3 is 0 Å². The Morgan fingerprint density at radius 1 is 1.35 bits per heavy atom. The summed E-state index contributed by atoms with van der Waals surface area (Å²) in [5, 5.41) is 0.587.